The number of carboxylic acid groups (broad SMARTS) is 1. The Kier molecular flexibility index (Phi) is 6.28. The third-order valence-corrected chi connectivity index (χ3v) is 7.62. The minimum atomic E-state index is -4.95. The Balaban J connectivity index is 2.07. The number of halogens is 3. The maximum absolute atomic E-state index is 13.8. The van der Waals surface area contributed by atoms with E-state index in [2.05, 4.69) is 4.98 Å². The first-order chi connectivity index (χ1) is 14.5. The third-order valence-electron chi connectivity index (χ3n) is 5.39. The van der Waals surface area contributed by atoms with Crippen molar-refractivity contribution in [2.45, 2.75) is 35.3 Å². The second-order valence-corrected chi connectivity index (χ2v) is 9.38. The average molecular weight is 459 g/mol. The Hall–Kier alpha value is -2.66. The van der Waals surface area contributed by atoms with Crippen LogP contribution in [0.15, 0.2) is 41.6 Å². The van der Waals surface area contributed by atoms with Gasteiger partial charge in [-0.15, -0.1) is 0 Å². The number of pyridine rings is 1. The summed E-state index contributed by atoms with van der Waals surface area (Å²) in [6, 6.07) is 4.40. The molecular weight excluding hydrogens is 439 g/mol. The number of carboxylic acids is 1. The molecule has 0 saturated heterocycles. The molecule has 1 aromatic heterocycles. The highest BCUT2D eigenvalue weighted by Crippen LogP contribution is 2.42. The van der Waals surface area contributed by atoms with Crippen LogP contribution in [0.5, 0.6) is 5.75 Å². The zero-order valence-corrected chi connectivity index (χ0v) is 17.4. The smallest absolute Gasteiger partial charge is 0.417 e. The lowest BCUT2D eigenvalue weighted by Gasteiger charge is -2.18. The zero-order chi connectivity index (χ0) is 23.0. The van der Waals surface area contributed by atoms with Gasteiger partial charge in [0.2, 0.25) is 0 Å². The number of sulfone groups is 1. The molecule has 1 aliphatic carbocycles. The van der Waals surface area contributed by atoms with Gasteiger partial charge in [0.1, 0.15) is 5.75 Å². The summed E-state index contributed by atoms with van der Waals surface area (Å²) in [5, 5.41) is 7.99. The lowest BCUT2D eigenvalue weighted by molar-refractivity contribution is -0.145. The lowest BCUT2D eigenvalue weighted by Crippen LogP contribution is -2.24. The van der Waals surface area contributed by atoms with E-state index < -0.39 is 49.7 Å². The Labute approximate surface area is 176 Å². The molecule has 1 fully saturated rings. The molecule has 3 atom stereocenters. The van der Waals surface area contributed by atoms with Crippen LogP contribution < -0.4 is 4.74 Å². The summed E-state index contributed by atoms with van der Waals surface area (Å²) in [5.41, 5.74) is -0.886. The summed E-state index contributed by atoms with van der Waals surface area (Å²) in [7, 11) is -1.85. The van der Waals surface area contributed by atoms with Crippen LogP contribution in [0.1, 0.15) is 18.4 Å². The molecule has 0 spiro atoms. The van der Waals surface area contributed by atoms with Crippen molar-refractivity contribution in [3.8, 4) is 16.9 Å². The van der Waals surface area contributed by atoms with Crippen LogP contribution in [0, 0.1) is 5.92 Å². The molecule has 0 unspecified atom stereocenters. The number of hydrogen-bond acceptors (Lipinski definition) is 6. The fourth-order valence-corrected chi connectivity index (χ4v) is 5.78. The first-order valence-corrected chi connectivity index (χ1v) is 10.7. The van der Waals surface area contributed by atoms with E-state index in [9.17, 15) is 31.5 Å². The SMILES string of the molecule is COc1cncc(-c2ccc(S(=O)(=O)[C@@H]3C[C@H](OC)[C@@H](C(=O)O)C3)c(C(F)(F)F)c2)c1. The van der Waals surface area contributed by atoms with Crippen LogP contribution in [0.4, 0.5) is 13.2 Å². The lowest BCUT2D eigenvalue weighted by atomic mass is 10.0. The van der Waals surface area contributed by atoms with Crippen LogP contribution >= 0.6 is 0 Å². The standard InChI is InChI=1S/C20H20F3NO6S/c1-29-13-5-12(9-24-10-13)11-3-4-18(16(6-11)20(21,22)23)31(27,28)14-7-15(19(25)26)17(8-14)30-2/h3-6,9-10,14-15,17H,7-8H2,1-2H3,(H,25,26)/t14-,15-,17-/m0/s1. The van der Waals surface area contributed by atoms with E-state index in [4.69, 9.17) is 9.47 Å². The summed E-state index contributed by atoms with van der Waals surface area (Å²) < 4.78 is 77.8. The van der Waals surface area contributed by atoms with Crippen LogP contribution in [0.2, 0.25) is 0 Å². The number of rotatable bonds is 6. The minimum Gasteiger partial charge on any atom is -0.495 e. The Morgan fingerprint density at radius 2 is 1.84 bits per heavy atom. The highest BCUT2D eigenvalue weighted by molar-refractivity contribution is 7.92. The van der Waals surface area contributed by atoms with Gasteiger partial charge in [0, 0.05) is 18.9 Å². The highest BCUT2D eigenvalue weighted by Gasteiger charge is 2.47. The van der Waals surface area contributed by atoms with Crippen molar-refractivity contribution in [1.29, 1.82) is 0 Å². The molecule has 168 valence electrons. The number of ether oxygens (including phenoxy) is 2. The second kappa shape index (κ2) is 8.46. The maximum Gasteiger partial charge on any atom is 0.417 e. The molecule has 7 nitrogen and oxygen atoms in total. The van der Waals surface area contributed by atoms with Gasteiger partial charge in [-0.2, -0.15) is 13.2 Å². The number of hydrogen-bond donors (Lipinski definition) is 1. The first kappa shape index (κ1) is 23.0. The van der Waals surface area contributed by atoms with Crippen LogP contribution in [-0.4, -0.2) is 50.1 Å². The molecule has 1 heterocycles. The summed E-state index contributed by atoms with van der Waals surface area (Å²) in [6.45, 7) is 0. The van der Waals surface area contributed by atoms with Crippen molar-refractivity contribution in [1.82, 2.24) is 4.98 Å². The predicted octanol–water partition coefficient (Wildman–Crippen LogP) is 3.43. The van der Waals surface area contributed by atoms with E-state index in [1.165, 1.54) is 38.7 Å². The van der Waals surface area contributed by atoms with E-state index in [-0.39, 0.29) is 18.4 Å². The highest BCUT2D eigenvalue weighted by atomic mass is 32.2. The summed E-state index contributed by atoms with van der Waals surface area (Å²) in [4.78, 5) is 14.4. The monoisotopic (exact) mass is 459 g/mol. The van der Waals surface area contributed by atoms with E-state index in [1.54, 1.807) is 0 Å². The molecule has 1 saturated carbocycles. The van der Waals surface area contributed by atoms with Crippen molar-refractivity contribution in [2.24, 2.45) is 5.92 Å². The molecule has 0 bridgehead atoms. The number of carbonyl (C=O) groups is 1. The number of aliphatic carboxylic acids is 1. The molecule has 1 aromatic carbocycles. The van der Waals surface area contributed by atoms with Crippen molar-refractivity contribution in [3.63, 3.8) is 0 Å². The third kappa shape index (κ3) is 4.52. The van der Waals surface area contributed by atoms with Crippen molar-refractivity contribution in [2.75, 3.05) is 14.2 Å². The molecule has 0 radical (unpaired) electrons. The van der Waals surface area contributed by atoms with Gasteiger partial charge in [-0.3, -0.25) is 9.78 Å². The van der Waals surface area contributed by atoms with Crippen molar-refractivity contribution < 1.29 is 41.0 Å². The van der Waals surface area contributed by atoms with Gasteiger partial charge in [-0.1, -0.05) is 6.07 Å². The van der Waals surface area contributed by atoms with E-state index in [0.717, 1.165) is 12.1 Å². The number of nitrogens with zero attached hydrogens (tertiary/aromatic N) is 1. The number of benzene rings is 1. The predicted molar refractivity (Wildman–Crippen MR) is 103 cm³/mol. The van der Waals surface area contributed by atoms with Gasteiger partial charge in [0.25, 0.3) is 0 Å². The summed E-state index contributed by atoms with van der Waals surface area (Å²) >= 11 is 0. The van der Waals surface area contributed by atoms with E-state index in [0.29, 0.717) is 11.3 Å². The molecule has 1 aliphatic rings. The van der Waals surface area contributed by atoms with Crippen LogP contribution in [0.3, 0.4) is 0 Å². The molecular formula is C20H20F3NO6S. The van der Waals surface area contributed by atoms with Gasteiger partial charge in [0.05, 0.1) is 41.0 Å². The fraction of sp³-hybridized carbons (Fsp3) is 0.400. The van der Waals surface area contributed by atoms with Crippen LogP contribution in [-0.2, 0) is 25.5 Å². The zero-order valence-electron chi connectivity index (χ0n) is 16.6. The Bertz CT molecular complexity index is 1090. The van der Waals surface area contributed by atoms with Gasteiger partial charge in [-0.05, 0) is 36.6 Å². The Morgan fingerprint density at radius 1 is 1.13 bits per heavy atom. The quantitative estimate of drug-likeness (QED) is 0.706. The fourth-order valence-electron chi connectivity index (χ4n) is 3.78. The van der Waals surface area contributed by atoms with Crippen LogP contribution in [0.25, 0.3) is 11.1 Å². The number of methoxy groups -OCH3 is 2. The van der Waals surface area contributed by atoms with Gasteiger partial charge in [0.15, 0.2) is 9.84 Å². The molecule has 0 aliphatic heterocycles. The average Bonchev–Trinajstić information content (AvgIpc) is 3.18. The molecule has 2 aromatic rings. The van der Waals surface area contributed by atoms with E-state index in [1.807, 2.05) is 0 Å². The number of alkyl halides is 3. The van der Waals surface area contributed by atoms with Gasteiger partial charge < -0.3 is 14.6 Å². The molecule has 11 heteroatoms. The first-order valence-electron chi connectivity index (χ1n) is 9.19. The summed E-state index contributed by atoms with van der Waals surface area (Å²) in [6.07, 6.45) is -3.64. The number of aromatic nitrogens is 1. The maximum atomic E-state index is 13.8. The van der Waals surface area contributed by atoms with Gasteiger partial charge >= 0.3 is 12.1 Å². The van der Waals surface area contributed by atoms with Crippen molar-refractivity contribution >= 4 is 15.8 Å². The molecule has 1 N–H and O–H groups in total. The van der Waals surface area contributed by atoms with E-state index >= 15 is 0 Å². The van der Waals surface area contributed by atoms with Crippen molar-refractivity contribution in [3.05, 3.63) is 42.2 Å². The minimum absolute atomic E-state index is 0.113. The Morgan fingerprint density at radius 3 is 2.39 bits per heavy atom. The largest absolute Gasteiger partial charge is 0.495 e. The van der Waals surface area contributed by atoms with Gasteiger partial charge in [-0.25, -0.2) is 8.42 Å². The molecule has 0 amide bonds. The second-order valence-electron chi connectivity index (χ2n) is 7.18. The molecule has 3 rings (SSSR count). The topological polar surface area (TPSA) is 103 Å². The molecule has 31 heavy (non-hydrogen) atoms. The summed E-state index contributed by atoms with van der Waals surface area (Å²) in [5.74, 6) is -2.03. The normalized spacial score (nSPS) is 21.8.